The van der Waals surface area contributed by atoms with Crippen LogP contribution in [0.15, 0.2) is 59.7 Å². The molecule has 0 atom stereocenters. The third-order valence-corrected chi connectivity index (χ3v) is 4.92. The van der Waals surface area contributed by atoms with Gasteiger partial charge in [-0.2, -0.15) is 5.10 Å². The van der Waals surface area contributed by atoms with E-state index >= 15 is 0 Å². The van der Waals surface area contributed by atoms with E-state index in [4.69, 9.17) is 0 Å². The molecule has 4 nitrogen and oxygen atoms in total. The summed E-state index contributed by atoms with van der Waals surface area (Å²) in [5.74, 6) is -0.212. The van der Waals surface area contributed by atoms with Crippen molar-refractivity contribution >= 4 is 34.7 Å². The number of amides is 1. The second-order valence-electron chi connectivity index (χ2n) is 6.21. The van der Waals surface area contributed by atoms with Crippen LogP contribution in [0, 0.1) is 24.3 Å². The van der Waals surface area contributed by atoms with Gasteiger partial charge < -0.3 is 4.57 Å². The molecule has 0 aliphatic carbocycles. The average Bonchev–Trinajstić information content (AvgIpc) is 2.89. The second-order valence-corrected chi connectivity index (χ2v) is 7.45. The number of carbonyl (C=O) groups is 1. The SMILES string of the molecule is Cc1cccc(C(=O)N/N=C\c2cc(C)n(-c3ccc(I)cc3)c2C)c1. The Hall–Kier alpha value is -2.41. The van der Waals surface area contributed by atoms with Gasteiger partial charge in [-0.25, -0.2) is 5.43 Å². The van der Waals surface area contributed by atoms with Crippen LogP contribution in [0.2, 0.25) is 0 Å². The summed E-state index contributed by atoms with van der Waals surface area (Å²) in [6, 6.07) is 17.9. The summed E-state index contributed by atoms with van der Waals surface area (Å²) in [7, 11) is 0. The molecule has 1 heterocycles. The average molecular weight is 457 g/mol. The summed E-state index contributed by atoms with van der Waals surface area (Å²) in [6.07, 6.45) is 1.69. The molecule has 0 radical (unpaired) electrons. The van der Waals surface area contributed by atoms with Gasteiger partial charge in [0.15, 0.2) is 0 Å². The van der Waals surface area contributed by atoms with Gasteiger partial charge in [-0.3, -0.25) is 4.79 Å². The molecule has 0 fully saturated rings. The van der Waals surface area contributed by atoms with Gasteiger partial charge in [-0.15, -0.1) is 0 Å². The summed E-state index contributed by atoms with van der Waals surface area (Å²) in [6.45, 7) is 6.07. The maximum atomic E-state index is 12.2. The Kier molecular flexibility index (Phi) is 5.56. The molecule has 3 aromatic rings. The maximum absolute atomic E-state index is 12.2. The van der Waals surface area contributed by atoms with E-state index in [1.54, 1.807) is 12.3 Å². The zero-order valence-electron chi connectivity index (χ0n) is 15.0. The van der Waals surface area contributed by atoms with Gasteiger partial charge in [0.2, 0.25) is 0 Å². The topological polar surface area (TPSA) is 46.4 Å². The first-order chi connectivity index (χ1) is 12.5. The fourth-order valence-electron chi connectivity index (χ4n) is 2.92. The molecule has 26 heavy (non-hydrogen) atoms. The summed E-state index contributed by atoms with van der Waals surface area (Å²) in [4.78, 5) is 12.2. The van der Waals surface area contributed by atoms with Gasteiger partial charge in [0.1, 0.15) is 0 Å². The Morgan fingerprint density at radius 3 is 2.50 bits per heavy atom. The summed E-state index contributed by atoms with van der Waals surface area (Å²) < 4.78 is 3.38. The lowest BCUT2D eigenvalue weighted by molar-refractivity contribution is 0.0955. The van der Waals surface area contributed by atoms with Gasteiger partial charge in [0.25, 0.3) is 5.91 Å². The zero-order chi connectivity index (χ0) is 18.7. The highest BCUT2D eigenvalue weighted by atomic mass is 127. The van der Waals surface area contributed by atoms with E-state index in [2.05, 4.69) is 81.9 Å². The minimum absolute atomic E-state index is 0.212. The van der Waals surface area contributed by atoms with Crippen LogP contribution in [0.3, 0.4) is 0 Å². The first-order valence-electron chi connectivity index (χ1n) is 8.30. The molecule has 0 unspecified atom stereocenters. The van der Waals surface area contributed by atoms with Crippen molar-refractivity contribution in [2.24, 2.45) is 5.10 Å². The highest BCUT2D eigenvalue weighted by Crippen LogP contribution is 2.20. The number of aryl methyl sites for hydroxylation is 2. The highest BCUT2D eigenvalue weighted by Gasteiger charge is 2.10. The number of hydrogen-bond donors (Lipinski definition) is 1. The Balaban J connectivity index is 1.78. The first-order valence-corrected chi connectivity index (χ1v) is 9.38. The molecule has 1 amide bonds. The Morgan fingerprint density at radius 1 is 1.08 bits per heavy atom. The Bertz CT molecular complexity index is 971. The van der Waals surface area contributed by atoms with Crippen LogP contribution in [0.4, 0.5) is 0 Å². The van der Waals surface area contributed by atoms with Crippen molar-refractivity contribution in [3.63, 3.8) is 0 Å². The standard InChI is InChI=1S/C21H20IN3O/c1-14-5-4-6-17(11-14)21(26)24-23-13-18-12-15(2)25(16(18)3)20-9-7-19(22)8-10-20/h4-13H,1-3H3,(H,24,26)/b23-13-. The fourth-order valence-corrected chi connectivity index (χ4v) is 3.28. The minimum atomic E-state index is -0.212. The second kappa shape index (κ2) is 7.86. The van der Waals surface area contributed by atoms with E-state index in [1.165, 1.54) is 3.57 Å². The number of aromatic nitrogens is 1. The van der Waals surface area contributed by atoms with Crippen LogP contribution in [0.5, 0.6) is 0 Å². The predicted octanol–water partition coefficient (Wildman–Crippen LogP) is 4.77. The van der Waals surface area contributed by atoms with Crippen molar-refractivity contribution in [2.75, 3.05) is 0 Å². The van der Waals surface area contributed by atoms with Crippen molar-refractivity contribution in [2.45, 2.75) is 20.8 Å². The lowest BCUT2D eigenvalue weighted by Gasteiger charge is -2.09. The van der Waals surface area contributed by atoms with E-state index in [9.17, 15) is 4.79 Å². The highest BCUT2D eigenvalue weighted by molar-refractivity contribution is 14.1. The molecule has 3 rings (SSSR count). The minimum Gasteiger partial charge on any atom is -0.318 e. The summed E-state index contributed by atoms with van der Waals surface area (Å²) in [5.41, 5.74) is 8.54. The molecule has 0 aliphatic rings. The number of rotatable bonds is 4. The number of benzene rings is 2. The number of nitrogens with zero attached hydrogens (tertiary/aromatic N) is 2. The molecule has 0 bridgehead atoms. The van der Waals surface area contributed by atoms with E-state index in [0.29, 0.717) is 5.56 Å². The van der Waals surface area contributed by atoms with Gasteiger partial charge in [-0.05, 0) is 85.8 Å². The molecule has 0 saturated carbocycles. The third-order valence-electron chi connectivity index (χ3n) is 4.21. The van der Waals surface area contributed by atoms with Crippen LogP contribution in [-0.4, -0.2) is 16.7 Å². The molecular formula is C21H20IN3O. The number of hydrogen-bond acceptors (Lipinski definition) is 2. The summed E-state index contributed by atoms with van der Waals surface area (Å²) >= 11 is 2.30. The van der Waals surface area contributed by atoms with Crippen LogP contribution in [0.1, 0.15) is 32.9 Å². The van der Waals surface area contributed by atoms with Gasteiger partial charge in [0, 0.05) is 31.8 Å². The van der Waals surface area contributed by atoms with E-state index < -0.39 is 0 Å². The lowest BCUT2D eigenvalue weighted by Crippen LogP contribution is -2.17. The quantitative estimate of drug-likeness (QED) is 0.343. The van der Waals surface area contributed by atoms with Crippen LogP contribution in [-0.2, 0) is 0 Å². The number of halogens is 1. The normalized spacial score (nSPS) is 11.1. The first kappa shape index (κ1) is 18.4. The lowest BCUT2D eigenvalue weighted by atomic mass is 10.1. The molecule has 0 spiro atoms. The van der Waals surface area contributed by atoms with Crippen LogP contribution >= 0.6 is 22.6 Å². The molecule has 2 aromatic carbocycles. The molecule has 0 aliphatic heterocycles. The fraction of sp³-hybridized carbons (Fsp3) is 0.143. The monoisotopic (exact) mass is 457 g/mol. The van der Waals surface area contributed by atoms with Gasteiger partial charge in [-0.1, -0.05) is 17.7 Å². The van der Waals surface area contributed by atoms with Crippen molar-refractivity contribution in [3.8, 4) is 5.69 Å². The third kappa shape index (κ3) is 4.04. The summed E-state index contributed by atoms with van der Waals surface area (Å²) in [5, 5.41) is 4.13. The molecule has 1 aromatic heterocycles. The Labute approximate surface area is 167 Å². The van der Waals surface area contributed by atoms with Crippen LogP contribution < -0.4 is 5.43 Å². The molecule has 132 valence electrons. The van der Waals surface area contributed by atoms with Gasteiger partial charge in [0.05, 0.1) is 6.21 Å². The van der Waals surface area contributed by atoms with E-state index in [1.807, 2.05) is 25.1 Å². The number of nitrogens with one attached hydrogen (secondary N) is 1. The van der Waals surface area contributed by atoms with E-state index in [-0.39, 0.29) is 5.91 Å². The van der Waals surface area contributed by atoms with Gasteiger partial charge >= 0.3 is 0 Å². The van der Waals surface area contributed by atoms with Crippen molar-refractivity contribution < 1.29 is 4.79 Å². The molecule has 0 saturated heterocycles. The largest absolute Gasteiger partial charge is 0.318 e. The van der Waals surface area contributed by atoms with E-state index in [0.717, 1.165) is 28.2 Å². The maximum Gasteiger partial charge on any atom is 0.271 e. The molecule has 5 heteroatoms. The molecular weight excluding hydrogens is 437 g/mol. The zero-order valence-corrected chi connectivity index (χ0v) is 17.1. The van der Waals surface area contributed by atoms with Crippen molar-refractivity contribution in [3.05, 3.63) is 86.2 Å². The predicted molar refractivity (Wildman–Crippen MR) is 114 cm³/mol. The van der Waals surface area contributed by atoms with Crippen molar-refractivity contribution in [1.29, 1.82) is 0 Å². The smallest absolute Gasteiger partial charge is 0.271 e. The Morgan fingerprint density at radius 2 is 1.81 bits per heavy atom. The van der Waals surface area contributed by atoms with Crippen LogP contribution in [0.25, 0.3) is 5.69 Å². The van der Waals surface area contributed by atoms with Crippen molar-refractivity contribution in [1.82, 2.24) is 9.99 Å². The molecule has 1 N–H and O–H groups in total. The number of hydrazone groups is 1. The number of carbonyl (C=O) groups excluding carboxylic acids is 1.